The van der Waals surface area contributed by atoms with Crippen LogP contribution in [0.4, 0.5) is 0 Å². The second kappa shape index (κ2) is 7.67. The zero-order valence-corrected chi connectivity index (χ0v) is 17.9. The number of hydrogen-bond acceptors (Lipinski definition) is 3. The number of carbonyl (C=O) groups excluding carboxylic acids is 1. The molecular weight excluding hydrogens is 430 g/mol. The number of halogens is 1. The van der Waals surface area contributed by atoms with Gasteiger partial charge >= 0.3 is 0 Å². The van der Waals surface area contributed by atoms with Crippen molar-refractivity contribution in [2.24, 2.45) is 5.10 Å². The van der Waals surface area contributed by atoms with Gasteiger partial charge in [0.15, 0.2) is 0 Å². The molecule has 4 aromatic rings. The number of pyridine rings is 1. The van der Waals surface area contributed by atoms with E-state index in [1.165, 1.54) is 0 Å². The smallest absolute Gasteiger partial charge is 0.290 e. The molecule has 1 aromatic carbocycles. The second-order valence-electron chi connectivity index (χ2n) is 6.81. The van der Waals surface area contributed by atoms with Crippen LogP contribution in [0.5, 0.6) is 0 Å². The molecule has 0 saturated carbocycles. The Labute approximate surface area is 177 Å². The Kier molecular flexibility index (Phi) is 5.07. The number of nitrogens with one attached hydrogen (secondary N) is 1. The molecule has 146 valence electrons. The number of imidazole rings is 1. The Morgan fingerprint density at radius 1 is 1.14 bits per heavy atom. The lowest BCUT2D eigenvalue weighted by Gasteiger charge is -2.09. The number of carbonyl (C=O) groups is 1. The van der Waals surface area contributed by atoms with Crippen molar-refractivity contribution in [3.05, 3.63) is 87.5 Å². The van der Waals surface area contributed by atoms with Crippen molar-refractivity contribution >= 4 is 33.7 Å². The third-order valence-corrected chi connectivity index (χ3v) is 5.37. The Hall–Kier alpha value is -3.19. The summed E-state index contributed by atoms with van der Waals surface area (Å²) in [6, 6.07) is 15.8. The molecule has 3 heterocycles. The fourth-order valence-corrected chi connectivity index (χ4v) is 3.77. The fourth-order valence-electron chi connectivity index (χ4n) is 3.51. The van der Waals surface area contributed by atoms with Crippen LogP contribution in [0, 0.1) is 20.8 Å². The minimum atomic E-state index is -0.292. The topological polar surface area (TPSA) is 63.7 Å². The lowest BCUT2D eigenvalue weighted by Crippen LogP contribution is -2.20. The van der Waals surface area contributed by atoms with Crippen LogP contribution < -0.4 is 5.43 Å². The lowest BCUT2D eigenvalue weighted by atomic mass is 10.2. The van der Waals surface area contributed by atoms with Gasteiger partial charge in [0, 0.05) is 33.3 Å². The van der Waals surface area contributed by atoms with Crippen LogP contribution in [0.2, 0.25) is 0 Å². The van der Waals surface area contributed by atoms with Gasteiger partial charge in [0.25, 0.3) is 5.91 Å². The number of nitrogens with zero attached hydrogens (tertiary/aromatic N) is 4. The standard InChI is InChI=1S/C22H20BrN5O/c1-14-12-17(16(3)28(14)19-9-7-18(23)8-10-19)13-24-26-22(29)21-15(2)25-20-6-4-5-11-27(20)21/h4-13H,1-3H3,(H,26,29). The van der Waals surface area contributed by atoms with E-state index in [2.05, 4.69) is 48.1 Å². The van der Waals surface area contributed by atoms with E-state index in [1.54, 1.807) is 10.6 Å². The first-order valence-electron chi connectivity index (χ1n) is 9.17. The summed E-state index contributed by atoms with van der Waals surface area (Å²) in [7, 11) is 0. The van der Waals surface area contributed by atoms with Crippen LogP contribution in [0.3, 0.4) is 0 Å². The van der Waals surface area contributed by atoms with Crippen LogP contribution in [0.1, 0.15) is 33.1 Å². The van der Waals surface area contributed by atoms with Gasteiger partial charge in [0.2, 0.25) is 0 Å². The third-order valence-electron chi connectivity index (χ3n) is 4.84. The van der Waals surface area contributed by atoms with Gasteiger partial charge in [-0.05, 0) is 63.2 Å². The number of aromatic nitrogens is 3. The highest BCUT2D eigenvalue weighted by atomic mass is 79.9. The number of benzene rings is 1. The molecule has 0 spiro atoms. The molecule has 29 heavy (non-hydrogen) atoms. The Morgan fingerprint density at radius 3 is 2.66 bits per heavy atom. The number of hydrazone groups is 1. The molecule has 0 saturated heterocycles. The van der Waals surface area contributed by atoms with E-state index >= 15 is 0 Å². The summed E-state index contributed by atoms with van der Waals surface area (Å²) in [6.45, 7) is 5.90. The normalized spacial score (nSPS) is 11.4. The molecule has 0 unspecified atom stereocenters. The Balaban J connectivity index is 1.57. The van der Waals surface area contributed by atoms with Crippen LogP contribution in [-0.2, 0) is 0 Å². The van der Waals surface area contributed by atoms with Gasteiger partial charge in [-0.2, -0.15) is 5.10 Å². The van der Waals surface area contributed by atoms with Gasteiger partial charge in [-0.15, -0.1) is 0 Å². The number of aryl methyl sites for hydroxylation is 2. The molecule has 3 aromatic heterocycles. The van der Waals surface area contributed by atoms with Crippen LogP contribution in [0.15, 0.2) is 64.3 Å². The SMILES string of the molecule is Cc1nc2ccccn2c1C(=O)NN=Cc1cc(C)n(-c2ccc(Br)cc2)c1C. The summed E-state index contributed by atoms with van der Waals surface area (Å²) in [4.78, 5) is 17.1. The molecule has 1 amide bonds. The van der Waals surface area contributed by atoms with E-state index in [0.717, 1.165) is 32.8 Å². The molecule has 0 aliphatic carbocycles. The van der Waals surface area contributed by atoms with Gasteiger partial charge < -0.3 is 4.57 Å². The van der Waals surface area contributed by atoms with Crippen molar-refractivity contribution in [1.29, 1.82) is 0 Å². The van der Waals surface area contributed by atoms with E-state index in [4.69, 9.17) is 0 Å². The average molecular weight is 450 g/mol. The molecule has 4 rings (SSSR count). The van der Waals surface area contributed by atoms with Crippen LogP contribution in [-0.4, -0.2) is 26.1 Å². The monoisotopic (exact) mass is 449 g/mol. The highest BCUT2D eigenvalue weighted by Crippen LogP contribution is 2.21. The van der Waals surface area contributed by atoms with E-state index < -0.39 is 0 Å². The van der Waals surface area contributed by atoms with Crippen molar-refractivity contribution in [3.8, 4) is 5.69 Å². The third kappa shape index (κ3) is 3.61. The molecule has 6 nitrogen and oxygen atoms in total. The molecule has 0 atom stereocenters. The maximum atomic E-state index is 12.6. The summed E-state index contributed by atoms with van der Waals surface area (Å²) in [5.74, 6) is -0.292. The quantitative estimate of drug-likeness (QED) is 0.366. The molecule has 0 fully saturated rings. The van der Waals surface area contributed by atoms with Gasteiger partial charge in [-0.25, -0.2) is 10.4 Å². The average Bonchev–Trinajstić information content (AvgIpc) is 3.18. The predicted molar refractivity (Wildman–Crippen MR) is 118 cm³/mol. The van der Waals surface area contributed by atoms with E-state index in [-0.39, 0.29) is 5.91 Å². The van der Waals surface area contributed by atoms with Gasteiger partial charge in [0.1, 0.15) is 11.3 Å². The number of hydrogen-bond donors (Lipinski definition) is 1. The minimum absolute atomic E-state index is 0.292. The summed E-state index contributed by atoms with van der Waals surface area (Å²) in [6.07, 6.45) is 3.49. The van der Waals surface area contributed by atoms with Crippen molar-refractivity contribution in [2.45, 2.75) is 20.8 Å². The molecule has 1 N–H and O–H groups in total. The van der Waals surface area contributed by atoms with Crippen LogP contribution >= 0.6 is 15.9 Å². The van der Waals surface area contributed by atoms with Gasteiger partial charge in [0.05, 0.1) is 11.9 Å². The first-order chi connectivity index (χ1) is 14.0. The largest absolute Gasteiger partial charge is 0.318 e. The van der Waals surface area contributed by atoms with Gasteiger partial charge in [-0.3, -0.25) is 9.20 Å². The molecule has 0 radical (unpaired) electrons. The highest BCUT2D eigenvalue weighted by molar-refractivity contribution is 9.10. The van der Waals surface area contributed by atoms with Crippen LogP contribution in [0.25, 0.3) is 11.3 Å². The molecule has 0 aliphatic rings. The fraction of sp³-hybridized carbons (Fsp3) is 0.136. The number of fused-ring (bicyclic) bond motifs is 1. The number of rotatable bonds is 4. The molecule has 0 aliphatic heterocycles. The molecule has 0 bridgehead atoms. The van der Waals surface area contributed by atoms with E-state index in [0.29, 0.717) is 11.4 Å². The number of amides is 1. The second-order valence-corrected chi connectivity index (χ2v) is 7.73. The Bertz CT molecular complexity index is 1230. The summed E-state index contributed by atoms with van der Waals surface area (Å²) in [5, 5.41) is 4.18. The highest BCUT2D eigenvalue weighted by Gasteiger charge is 2.16. The summed E-state index contributed by atoms with van der Waals surface area (Å²) >= 11 is 3.47. The van der Waals surface area contributed by atoms with Gasteiger partial charge in [-0.1, -0.05) is 22.0 Å². The lowest BCUT2D eigenvalue weighted by molar-refractivity contribution is 0.0948. The summed E-state index contributed by atoms with van der Waals surface area (Å²) < 4.78 is 4.96. The predicted octanol–water partition coefficient (Wildman–Crippen LogP) is 4.58. The minimum Gasteiger partial charge on any atom is -0.318 e. The maximum Gasteiger partial charge on any atom is 0.290 e. The van der Waals surface area contributed by atoms with E-state index in [1.807, 2.05) is 63.4 Å². The summed E-state index contributed by atoms with van der Waals surface area (Å²) in [5.41, 5.74) is 8.67. The van der Waals surface area contributed by atoms with Crippen molar-refractivity contribution < 1.29 is 4.79 Å². The van der Waals surface area contributed by atoms with Crippen molar-refractivity contribution in [2.75, 3.05) is 0 Å². The maximum absolute atomic E-state index is 12.6. The first kappa shape index (κ1) is 19.1. The first-order valence-corrected chi connectivity index (χ1v) is 9.97. The Morgan fingerprint density at radius 2 is 1.90 bits per heavy atom. The molecule has 7 heteroatoms. The van der Waals surface area contributed by atoms with Crippen molar-refractivity contribution in [3.63, 3.8) is 0 Å². The zero-order valence-electron chi connectivity index (χ0n) is 16.3. The van der Waals surface area contributed by atoms with Crippen molar-refractivity contribution in [1.82, 2.24) is 19.4 Å². The van der Waals surface area contributed by atoms with E-state index in [9.17, 15) is 4.79 Å². The molecular formula is C22H20BrN5O. The zero-order chi connectivity index (χ0) is 20.5.